The van der Waals surface area contributed by atoms with Crippen LogP contribution in [-0.4, -0.2) is 57.0 Å². The Morgan fingerprint density at radius 2 is 1.66 bits per heavy atom. The molecule has 0 unspecified atom stereocenters. The van der Waals surface area contributed by atoms with Gasteiger partial charge in [0.1, 0.15) is 12.4 Å². The van der Waals surface area contributed by atoms with Crippen LogP contribution in [0.3, 0.4) is 0 Å². The minimum Gasteiger partial charge on any atom is -0.496 e. The molecular formula is C35H38BrN3O7S. The van der Waals surface area contributed by atoms with E-state index in [-0.39, 0.29) is 30.1 Å². The number of aryl methyl sites for hydroxylation is 1. The second kappa shape index (κ2) is 14.3. The number of fused-ring (bicyclic) bond motifs is 1. The second-order valence-electron chi connectivity index (χ2n) is 11.7. The Hall–Kier alpha value is -4.16. The molecule has 0 spiro atoms. The van der Waals surface area contributed by atoms with Crippen LogP contribution in [0.1, 0.15) is 58.8 Å². The summed E-state index contributed by atoms with van der Waals surface area (Å²) in [4.78, 5) is 28.2. The number of nitrogens with zero attached hydrogens (tertiary/aromatic N) is 2. The van der Waals surface area contributed by atoms with Crippen molar-refractivity contribution in [2.45, 2.75) is 70.5 Å². The zero-order valence-electron chi connectivity index (χ0n) is 27.0. The molecule has 1 fully saturated rings. The van der Waals surface area contributed by atoms with E-state index in [0.29, 0.717) is 58.5 Å². The minimum atomic E-state index is -4.21. The van der Waals surface area contributed by atoms with Gasteiger partial charge in [-0.3, -0.25) is 0 Å². The third-order valence-corrected chi connectivity index (χ3v) is 10.7. The van der Waals surface area contributed by atoms with Crippen molar-refractivity contribution in [1.29, 1.82) is 0 Å². The predicted octanol–water partition coefficient (Wildman–Crippen LogP) is 6.13. The molecule has 1 saturated heterocycles. The summed E-state index contributed by atoms with van der Waals surface area (Å²) in [5.41, 5.74) is 3.93. The highest BCUT2D eigenvalue weighted by molar-refractivity contribution is 9.10. The van der Waals surface area contributed by atoms with Crippen molar-refractivity contribution in [3.05, 3.63) is 104 Å². The molecule has 2 heterocycles. The molecule has 2 atom stereocenters. The molecule has 47 heavy (non-hydrogen) atoms. The van der Waals surface area contributed by atoms with E-state index in [2.05, 4.69) is 25.6 Å². The van der Waals surface area contributed by atoms with Crippen LogP contribution in [0.5, 0.6) is 5.75 Å². The van der Waals surface area contributed by atoms with Crippen molar-refractivity contribution < 1.29 is 32.2 Å². The van der Waals surface area contributed by atoms with E-state index in [9.17, 15) is 18.0 Å². The number of hydrogen-bond donors (Lipinski definition) is 1. The summed E-state index contributed by atoms with van der Waals surface area (Å²) >= 11 is 3.36. The van der Waals surface area contributed by atoms with E-state index >= 15 is 0 Å². The van der Waals surface area contributed by atoms with Crippen LogP contribution >= 0.6 is 15.9 Å². The van der Waals surface area contributed by atoms with Crippen LogP contribution in [0.4, 0.5) is 0 Å². The van der Waals surface area contributed by atoms with E-state index in [1.54, 1.807) is 65.1 Å². The molecule has 0 radical (unpaired) electrons. The minimum absolute atomic E-state index is 0.0924. The lowest BCUT2D eigenvalue weighted by Gasteiger charge is -2.38. The van der Waals surface area contributed by atoms with Crippen LogP contribution < -0.4 is 10.1 Å². The number of carbonyl (C=O) groups is 2. The summed E-state index contributed by atoms with van der Waals surface area (Å²) in [5, 5.41) is 3.12. The van der Waals surface area contributed by atoms with Crippen molar-refractivity contribution in [1.82, 2.24) is 10.2 Å². The Bertz CT molecular complexity index is 1840. The molecule has 0 saturated carbocycles. The number of carbonyl (C=O) groups excluding carboxylic acids is 2. The van der Waals surface area contributed by atoms with Crippen LogP contribution in [0.2, 0.25) is 0 Å². The number of guanidine groups is 1. The van der Waals surface area contributed by atoms with Crippen LogP contribution in [0.25, 0.3) is 0 Å². The van der Waals surface area contributed by atoms with Gasteiger partial charge in [-0.2, -0.15) is 8.42 Å². The highest BCUT2D eigenvalue weighted by Crippen LogP contribution is 2.37. The second-order valence-corrected chi connectivity index (χ2v) is 14.1. The van der Waals surface area contributed by atoms with Gasteiger partial charge in [0, 0.05) is 22.6 Å². The first-order valence-electron chi connectivity index (χ1n) is 15.3. The number of nitrogens with one attached hydrogen (secondary N) is 1. The van der Waals surface area contributed by atoms with Gasteiger partial charge in [0.25, 0.3) is 10.0 Å². The maximum absolute atomic E-state index is 14.0. The first-order chi connectivity index (χ1) is 22.4. The summed E-state index contributed by atoms with van der Waals surface area (Å²) in [6, 6.07) is 17.2. The first kappa shape index (κ1) is 34.2. The predicted molar refractivity (Wildman–Crippen MR) is 182 cm³/mol. The molecule has 1 N–H and O–H groups in total. The normalized spacial score (nSPS) is 18.5. The maximum atomic E-state index is 14.0. The molecule has 0 aromatic heterocycles. The molecule has 5 rings (SSSR count). The number of hydrogen-bond acceptors (Lipinski definition) is 7. The molecular weight excluding hydrogens is 686 g/mol. The Balaban J connectivity index is 1.45. The lowest BCUT2D eigenvalue weighted by molar-refractivity contribution is -0.141. The summed E-state index contributed by atoms with van der Waals surface area (Å²) in [7, 11) is -2.67. The number of sulfonamides is 1. The molecule has 0 bridgehead atoms. The van der Waals surface area contributed by atoms with E-state index in [1.807, 2.05) is 35.2 Å². The summed E-state index contributed by atoms with van der Waals surface area (Å²) in [6.07, 6.45) is 1.56. The van der Waals surface area contributed by atoms with Crippen LogP contribution in [-0.2, 0) is 30.9 Å². The molecule has 0 amide bonds. The molecule has 248 valence electrons. The molecule has 3 aromatic rings. The number of allylic oxidation sites excluding steroid dienone is 1. The average Bonchev–Trinajstić information content (AvgIpc) is 3.46. The quantitative estimate of drug-likeness (QED) is 0.246. The van der Waals surface area contributed by atoms with Crippen molar-refractivity contribution in [2.75, 3.05) is 13.7 Å². The van der Waals surface area contributed by atoms with Gasteiger partial charge in [-0.05, 0) is 93.1 Å². The van der Waals surface area contributed by atoms with Gasteiger partial charge in [-0.15, -0.1) is 4.40 Å². The van der Waals surface area contributed by atoms with Crippen LogP contribution in [0.15, 0.2) is 85.7 Å². The fourth-order valence-electron chi connectivity index (χ4n) is 6.23. The standard InChI is InChI=1S/C35H38BrN3O7S/c1-21-19-30(44-5)22(2)23(3)32(21)47(42,43)38-35-37-24(4)31(34(41)46-20-25-9-7-6-8-10-25)29-16-15-28(39(29)35)17-18-45-33(40)26-11-13-27(36)14-12-26/h6-14,19,28-29H,15-18,20H2,1-5H3,(H,37,38)/t28-,29+/m0/s1. The zero-order chi connectivity index (χ0) is 33.9. The molecule has 12 heteroatoms. The van der Waals surface area contributed by atoms with Gasteiger partial charge < -0.3 is 24.4 Å². The monoisotopic (exact) mass is 723 g/mol. The van der Waals surface area contributed by atoms with Gasteiger partial charge in [-0.1, -0.05) is 46.3 Å². The summed E-state index contributed by atoms with van der Waals surface area (Å²) in [5.74, 6) is -0.240. The number of halogens is 1. The van der Waals surface area contributed by atoms with E-state index in [0.717, 1.165) is 10.0 Å². The molecule has 3 aromatic carbocycles. The highest BCUT2D eigenvalue weighted by atomic mass is 79.9. The van der Waals surface area contributed by atoms with Gasteiger partial charge in [0.2, 0.25) is 5.96 Å². The topological polar surface area (TPSA) is 124 Å². The zero-order valence-corrected chi connectivity index (χ0v) is 29.4. The van der Waals surface area contributed by atoms with Crippen molar-refractivity contribution >= 4 is 43.9 Å². The fraction of sp³-hybridized carbons (Fsp3) is 0.343. The Kier molecular flexibility index (Phi) is 10.4. The van der Waals surface area contributed by atoms with Crippen molar-refractivity contribution in [3.63, 3.8) is 0 Å². The number of benzene rings is 3. The van der Waals surface area contributed by atoms with Gasteiger partial charge >= 0.3 is 11.9 Å². The third-order valence-electron chi connectivity index (χ3n) is 8.64. The Morgan fingerprint density at radius 3 is 2.34 bits per heavy atom. The smallest absolute Gasteiger partial charge is 0.338 e. The van der Waals surface area contributed by atoms with Gasteiger partial charge in [0.05, 0.1) is 35.8 Å². The number of methoxy groups -OCH3 is 1. The lowest BCUT2D eigenvalue weighted by Crippen LogP contribution is -2.54. The SMILES string of the molecule is COc1cc(C)c(S(=O)(=O)/N=C2\NC(C)=C(C(=O)OCc3ccccc3)[C@H]3CC[C@@H](CCOC(=O)c4ccc(Br)cc4)N23)c(C)c1C. The molecule has 2 aliphatic rings. The fourth-order valence-corrected chi connectivity index (χ4v) is 7.96. The van der Waals surface area contributed by atoms with Crippen LogP contribution in [0, 0.1) is 20.8 Å². The van der Waals surface area contributed by atoms with Crippen molar-refractivity contribution in [3.8, 4) is 5.75 Å². The number of esters is 2. The molecule has 0 aliphatic carbocycles. The van der Waals surface area contributed by atoms with E-state index in [4.69, 9.17) is 14.2 Å². The summed E-state index contributed by atoms with van der Waals surface area (Å²) < 4.78 is 49.9. The third kappa shape index (κ3) is 7.38. The number of rotatable bonds is 10. The summed E-state index contributed by atoms with van der Waals surface area (Å²) in [6.45, 7) is 7.17. The first-order valence-corrected chi connectivity index (χ1v) is 17.5. The number of ether oxygens (including phenoxy) is 3. The molecule has 2 aliphatic heterocycles. The Morgan fingerprint density at radius 1 is 0.957 bits per heavy atom. The maximum Gasteiger partial charge on any atom is 0.338 e. The van der Waals surface area contributed by atoms with E-state index in [1.165, 1.54) is 0 Å². The largest absolute Gasteiger partial charge is 0.496 e. The van der Waals surface area contributed by atoms with Gasteiger partial charge in [0.15, 0.2) is 0 Å². The average molecular weight is 725 g/mol. The Labute approximate surface area is 284 Å². The van der Waals surface area contributed by atoms with E-state index < -0.39 is 28.0 Å². The van der Waals surface area contributed by atoms with Gasteiger partial charge in [-0.25, -0.2) is 9.59 Å². The highest BCUT2D eigenvalue weighted by Gasteiger charge is 2.45. The van der Waals surface area contributed by atoms with Crippen molar-refractivity contribution in [2.24, 2.45) is 4.40 Å². The molecule has 10 nitrogen and oxygen atoms in total. The lowest BCUT2D eigenvalue weighted by atomic mass is 10.0.